The second kappa shape index (κ2) is 8.23. The molecule has 0 saturated heterocycles. The monoisotopic (exact) mass is 369 g/mol. The third-order valence-electron chi connectivity index (χ3n) is 4.45. The van der Waals surface area contributed by atoms with E-state index in [9.17, 15) is 0 Å². The summed E-state index contributed by atoms with van der Waals surface area (Å²) in [6.45, 7) is 11.5. The number of para-hydroxylation sites is 1. The molecule has 136 valence electrons. The van der Waals surface area contributed by atoms with Crippen LogP contribution in [0.15, 0.2) is 104 Å². The second-order valence-corrected chi connectivity index (χ2v) is 12.4. The summed E-state index contributed by atoms with van der Waals surface area (Å²) >= 11 is 0. The van der Waals surface area contributed by atoms with Crippen LogP contribution in [0.4, 0.5) is 5.69 Å². The fraction of sp³-hybridized carbons (Fsp3) is 0.120. The SMILES string of the molecule is C=C(C=C(c1ccccc1)N(c1ccccc1)[Si](C)(C)C)c1ccccc1. The maximum atomic E-state index is 4.36. The van der Waals surface area contributed by atoms with E-state index in [0.29, 0.717) is 0 Å². The summed E-state index contributed by atoms with van der Waals surface area (Å²) in [7, 11) is -1.72. The van der Waals surface area contributed by atoms with Crippen LogP contribution in [0.2, 0.25) is 19.6 Å². The van der Waals surface area contributed by atoms with Crippen molar-refractivity contribution in [3.8, 4) is 0 Å². The maximum Gasteiger partial charge on any atom is 0.153 e. The van der Waals surface area contributed by atoms with Gasteiger partial charge in [0.15, 0.2) is 8.24 Å². The molecule has 0 aliphatic rings. The van der Waals surface area contributed by atoms with Crippen LogP contribution in [-0.2, 0) is 0 Å². The highest BCUT2D eigenvalue weighted by atomic mass is 28.3. The van der Waals surface area contributed by atoms with Gasteiger partial charge < -0.3 is 4.57 Å². The van der Waals surface area contributed by atoms with E-state index in [0.717, 1.165) is 11.1 Å². The second-order valence-electron chi connectivity index (χ2n) is 7.63. The Morgan fingerprint density at radius 1 is 0.704 bits per heavy atom. The smallest absolute Gasteiger partial charge is 0.153 e. The van der Waals surface area contributed by atoms with Gasteiger partial charge in [-0.25, -0.2) is 0 Å². The van der Waals surface area contributed by atoms with E-state index in [2.05, 4.69) is 122 Å². The van der Waals surface area contributed by atoms with Gasteiger partial charge in [0.1, 0.15) is 0 Å². The van der Waals surface area contributed by atoms with Gasteiger partial charge in [-0.15, -0.1) is 0 Å². The Balaban J connectivity index is 2.17. The number of nitrogens with zero attached hydrogens (tertiary/aromatic N) is 1. The Kier molecular flexibility index (Phi) is 5.77. The van der Waals surface area contributed by atoms with Gasteiger partial charge in [-0.2, -0.15) is 0 Å². The van der Waals surface area contributed by atoms with E-state index in [4.69, 9.17) is 0 Å². The molecule has 0 atom stereocenters. The molecule has 0 fully saturated rings. The van der Waals surface area contributed by atoms with Crippen molar-refractivity contribution in [1.29, 1.82) is 0 Å². The van der Waals surface area contributed by atoms with Gasteiger partial charge in [0.25, 0.3) is 0 Å². The normalized spacial score (nSPS) is 11.9. The zero-order chi connectivity index (χ0) is 19.3. The highest BCUT2D eigenvalue weighted by Gasteiger charge is 2.28. The fourth-order valence-corrected chi connectivity index (χ4v) is 5.09. The Hall–Kier alpha value is -2.84. The molecule has 0 radical (unpaired) electrons. The fourth-order valence-electron chi connectivity index (χ4n) is 3.25. The Labute approximate surface area is 164 Å². The van der Waals surface area contributed by atoms with Gasteiger partial charge in [-0.3, -0.25) is 0 Å². The minimum absolute atomic E-state index is 1.02. The molecule has 0 spiro atoms. The van der Waals surface area contributed by atoms with Gasteiger partial charge in [0.2, 0.25) is 0 Å². The molecular weight excluding hydrogens is 342 g/mol. The number of anilines is 1. The van der Waals surface area contributed by atoms with E-state index >= 15 is 0 Å². The molecule has 0 bridgehead atoms. The molecule has 0 N–H and O–H groups in total. The lowest BCUT2D eigenvalue weighted by molar-refractivity contribution is 1.32. The van der Waals surface area contributed by atoms with Crippen LogP contribution in [0.3, 0.4) is 0 Å². The van der Waals surface area contributed by atoms with Crippen LogP contribution in [-0.4, -0.2) is 8.24 Å². The molecule has 27 heavy (non-hydrogen) atoms. The zero-order valence-electron chi connectivity index (χ0n) is 16.4. The van der Waals surface area contributed by atoms with Gasteiger partial charge in [0, 0.05) is 11.4 Å². The van der Waals surface area contributed by atoms with Crippen LogP contribution in [0.5, 0.6) is 0 Å². The largest absolute Gasteiger partial charge is 0.369 e. The van der Waals surface area contributed by atoms with Crippen LogP contribution >= 0.6 is 0 Å². The molecule has 0 heterocycles. The van der Waals surface area contributed by atoms with Crippen molar-refractivity contribution < 1.29 is 0 Å². The Bertz CT molecular complexity index is 907. The molecule has 3 rings (SSSR count). The van der Waals surface area contributed by atoms with Crippen molar-refractivity contribution >= 4 is 25.2 Å². The summed E-state index contributed by atoms with van der Waals surface area (Å²) in [6.07, 6.45) is 2.23. The number of benzene rings is 3. The topological polar surface area (TPSA) is 3.24 Å². The summed E-state index contributed by atoms with van der Waals surface area (Å²) in [6, 6.07) is 31.7. The van der Waals surface area contributed by atoms with E-state index in [1.54, 1.807) is 0 Å². The molecule has 1 nitrogen and oxygen atoms in total. The third kappa shape index (κ3) is 4.66. The highest BCUT2D eigenvalue weighted by Crippen LogP contribution is 2.33. The first-order valence-electron chi connectivity index (χ1n) is 9.33. The van der Waals surface area contributed by atoms with Crippen molar-refractivity contribution in [2.24, 2.45) is 0 Å². The van der Waals surface area contributed by atoms with Gasteiger partial charge in [-0.1, -0.05) is 105 Å². The standard InChI is InChI=1S/C25H27NSi/c1-21(22-14-8-5-9-15-22)20-25(23-16-10-6-11-17-23)26(27(2,3)4)24-18-12-7-13-19-24/h5-20H,1H2,2-4H3. The molecule has 0 saturated carbocycles. The predicted molar refractivity (Wildman–Crippen MR) is 122 cm³/mol. The molecule has 3 aromatic rings. The molecule has 2 heteroatoms. The Morgan fingerprint density at radius 2 is 1.15 bits per heavy atom. The number of hydrogen-bond donors (Lipinski definition) is 0. The highest BCUT2D eigenvalue weighted by molar-refractivity contribution is 6.81. The van der Waals surface area contributed by atoms with E-state index < -0.39 is 8.24 Å². The molecule has 0 aliphatic carbocycles. The zero-order valence-corrected chi connectivity index (χ0v) is 17.4. The average molecular weight is 370 g/mol. The summed E-state index contributed by atoms with van der Waals surface area (Å²) < 4.78 is 2.52. The van der Waals surface area contributed by atoms with Crippen molar-refractivity contribution in [3.63, 3.8) is 0 Å². The Morgan fingerprint density at radius 3 is 1.63 bits per heavy atom. The van der Waals surface area contributed by atoms with Crippen molar-refractivity contribution in [2.45, 2.75) is 19.6 Å². The lowest BCUT2D eigenvalue weighted by Gasteiger charge is -2.38. The van der Waals surface area contributed by atoms with Crippen LogP contribution in [0.25, 0.3) is 11.3 Å². The van der Waals surface area contributed by atoms with Crippen molar-refractivity contribution in [2.75, 3.05) is 4.57 Å². The van der Waals surface area contributed by atoms with Gasteiger partial charge >= 0.3 is 0 Å². The number of hydrogen-bond acceptors (Lipinski definition) is 1. The van der Waals surface area contributed by atoms with Crippen LogP contribution in [0.1, 0.15) is 11.1 Å². The van der Waals surface area contributed by atoms with E-state index in [1.165, 1.54) is 16.9 Å². The third-order valence-corrected chi connectivity index (χ3v) is 6.29. The molecule has 0 aliphatic heterocycles. The van der Waals surface area contributed by atoms with Crippen molar-refractivity contribution in [1.82, 2.24) is 0 Å². The summed E-state index contributed by atoms with van der Waals surface area (Å²) in [4.78, 5) is 0. The first-order chi connectivity index (χ1) is 13.0. The lowest BCUT2D eigenvalue weighted by Crippen LogP contribution is -2.45. The summed E-state index contributed by atoms with van der Waals surface area (Å²) in [5, 5.41) is 0. The minimum atomic E-state index is -1.72. The lowest BCUT2D eigenvalue weighted by atomic mass is 10.0. The first-order valence-corrected chi connectivity index (χ1v) is 12.8. The van der Waals surface area contributed by atoms with E-state index in [-0.39, 0.29) is 0 Å². The minimum Gasteiger partial charge on any atom is -0.369 e. The number of allylic oxidation sites excluding steroid dienone is 2. The van der Waals surface area contributed by atoms with E-state index in [1.807, 2.05) is 6.07 Å². The quantitative estimate of drug-likeness (QED) is 0.331. The van der Waals surface area contributed by atoms with Crippen molar-refractivity contribution in [3.05, 3.63) is 115 Å². The molecule has 0 amide bonds. The first kappa shape index (κ1) is 18.9. The maximum absolute atomic E-state index is 4.36. The predicted octanol–water partition coefficient (Wildman–Crippen LogP) is 7.08. The summed E-state index contributed by atoms with van der Waals surface area (Å²) in [5.41, 5.74) is 5.81. The molecule has 3 aromatic carbocycles. The number of rotatable bonds is 6. The van der Waals surface area contributed by atoms with Crippen LogP contribution < -0.4 is 4.57 Å². The molecular formula is C25H27NSi. The van der Waals surface area contributed by atoms with Gasteiger partial charge in [-0.05, 0) is 34.9 Å². The van der Waals surface area contributed by atoms with Crippen LogP contribution in [0, 0.1) is 0 Å². The molecule has 0 unspecified atom stereocenters. The molecule has 0 aromatic heterocycles. The summed E-state index contributed by atoms with van der Waals surface area (Å²) in [5.74, 6) is 0. The van der Waals surface area contributed by atoms with Gasteiger partial charge in [0.05, 0.1) is 0 Å². The average Bonchev–Trinajstić information content (AvgIpc) is 2.68.